The number of rotatable bonds is 3. The Morgan fingerprint density at radius 3 is 2.26 bits per heavy atom. The molecular weight excluding hydrogens is 249 g/mol. The van der Waals surface area contributed by atoms with Crippen LogP contribution in [0.1, 0.15) is 32.1 Å². The molecule has 2 rings (SSSR count). The van der Waals surface area contributed by atoms with Crippen molar-refractivity contribution in [3.63, 3.8) is 0 Å². The van der Waals surface area contributed by atoms with Crippen LogP contribution in [0, 0.1) is 11.8 Å². The third-order valence-corrected chi connectivity index (χ3v) is 4.41. The van der Waals surface area contributed by atoms with E-state index in [4.69, 9.17) is 11.5 Å². The Hall–Kier alpha value is -1.17. The molecule has 4 N–H and O–H groups in total. The van der Waals surface area contributed by atoms with Gasteiger partial charge in [-0.2, -0.15) is 0 Å². The first kappa shape index (κ1) is 14.2. The van der Waals surface area contributed by atoms with Crippen molar-refractivity contribution in [3.8, 4) is 0 Å². The maximum absolute atomic E-state index is 13.1. The quantitative estimate of drug-likeness (QED) is 0.767. The second-order valence-electron chi connectivity index (χ2n) is 5.71. The molecular formula is C13H22FN3O2. The summed E-state index contributed by atoms with van der Waals surface area (Å²) in [7, 11) is 0. The summed E-state index contributed by atoms with van der Waals surface area (Å²) in [6, 6.07) is -0.570. The third-order valence-electron chi connectivity index (χ3n) is 4.41. The van der Waals surface area contributed by atoms with Crippen molar-refractivity contribution in [2.75, 3.05) is 13.1 Å². The number of carbonyl (C=O) groups excluding carboxylic acids is 2. The van der Waals surface area contributed by atoms with Crippen molar-refractivity contribution in [2.24, 2.45) is 23.3 Å². The summed E-state index contributed by atoms with van der Waals surface area (Å²) in [6.45, 7) is 0.632. The first-order valence-corrected chi connectivity index (χ1v) is 6.96. The Kier molecular flexibility index (Phi) is 4.39. The number of nitrogens with two attached hydrogens (primary N) is 2. The lowest BCUT2D eigenvalue weighted by Crippen LogP contribution is -2.48. The summed E-state index contributed by atoms with van der Waals surface area (Å²) in [5.41, 5.74) is 11.3. The Bertz CT molecular complexity index is 356. The Morgan fingerprint density at radius 1 is 1.16 bits per heavy atom. The molecule has 0 aromatic heterocycles. The first-order chi connectivity index (χ1) is 8.99. The molecule has 0 aromatic rings. The summed E-state index contributed by atoms with van der Waals surface area (Å²) in [5, 5.41) is 0. The Morgan fingerprint density at radius 2 is 1.79 bits per heavy atom. The predicted molar refractivity (Wildman–Crippen MR) is 68.7 cm³/mol. The summed E-state index contributed by atoms with van der Waals surface area (Å²) < 4.78 is 13.1. The van der Waals surface area contributed by atoms with Gasteiger partial charge in [-0.3, -0.25) is 9.59 Å². The van der Waals surface area contributed by atoms with E-state index in [1.165, 1.54) is 4.90 Å². The molecule has 1 aliphatic heterocycles. The molecule has 1 aliphatic carbocycles. The van der Waals surface area contributed by atoms with Crippen molar-refractivity contribution in [1.82, 2.24) is 4.90 Å². The molecule has 0 spiro atoms. The van der Waals surface area contributed by atoms with E-state index in [2.05, 4.69) is 0 Å². The number of amides is 2. The molecule has 1 saturated heterocycles. The van der Waals surface area contributed by atoms with Crippen molar-refractivity contribution in [1.29, 1.82) is 0 Å². The van der Waals surface area contributed by atoms with Crippen LogP contribution in [0.15, 0.2) is 0 Å². The van der Waals surface area contributed by atoms with E-state index in [1.807, 2.05) is 0 Å². The lowest BCUT2D eigenvalue weighted by molar-refractivity contribution is -0.133. The van der Waals surface area contributed by atoms with Crippen LogP contribution < -0.4 is 11.5 Å². The van der Waals surface area contributed by atoms with E-state index in [0.29, 0.717) is 25.8 Å². The molecule has 2 atom stereocenters. The lowest BCUT2D eigenvalue weighted by atomic mass is 9.78. The van der Waals surface area contributed by atoms with Gasteiger partial charge in [0.2, 0.25) is 11.8 Å². The fourth-order valence-corrected chi connectivity index (χ4v) is 3.09. The zero-order valence-corrected chi connectivity index (χ0v) is 11.1. The largest absolute Gasteiger partial charge is 0.369 e. The van der Waals surface area contributed by atoms with Crippen LogP contribution in [0.4, 0.5) is 4.39 Å². The molecule has 0 aromatic carbocycles. The Labute approximate surface area is 112 Å². The average Bonchev–Trinajstić information content (AvgIpc) is 2.84. The van der Waals surface area contributed by atoms with Gasteiger partial charge < -0.3 is 16.4 Å². The van der Waals surface area contributed by atoms with Gasteiger partial charge in [-0.15, -0.1) is 0 Å². The summed E-state index contributed by atoms with van der Waals surface area (Å²) in [6.07, 6.45) is 2.38. The standard InChI is InChI=1S/C13H22FN3O2/c14-10-5-6-17(7-10)13(19)11(15)8-1-3-9(4-2-8)12(16)18/h8-11H,1-7,15H2,(H2,16,18)/t8-,9-,10-,11+/m1/s1. The zero-order chi connectivity index (χ0) is 14.0. The number of primary amides is 1. The van der Waals surface area contributed by atoms with Gasteiger partial charge in [-0.05, 0) is 38.0 Å². The number of likely N-dealkylation sites (tertiary alicyclic amines) is 1. The van der Waals surface area contributed by atoms with Crippen LogP contribution in [0.25, 0.3) is 0 Å². The highest BCUT2D eigenvalue weighted by Gasteiger charge is 2.35. The number of nitrogens with zero attached hydrogens (tertiary/aromatic N) is 1. The SMILES string of the molecule is NC(=O)[C@H]1CC[C@H]([C@H](N)C(=O)N2CC[C@@H](F)C2)CC1. The van der Waals surface area contributed by atoms with Gasteiger partial charge in [0.1, 0.15) is 6.17 Å². The van der Waals surface area contributed by atoms with Crippen LogP contribution in [0.3, 0.4) is 0 Å². The van der Waals surface area contributed by atoms with E-state index in [-0.39, 0.29) is 30.2 Å². The highest BCUT2D eigenvalue weighted by Crippen LogP contribution is 2.31. The lowest BCUT2D eigenvalue weighted by Gasteiger charge is -2.32. The molecule has 2 fully saturated rings. The van der Waals surface area contributed by atoms with E-state index in [0.717, 1.165) is 12.8 Å². The second-order valence-corrected chi connectivity index (χ2v) is 5.71. The highest BCUT2D eigenvalue weighted by atomic mass is 19.1. The molecule has 108 valence electrons. The molecule has 19 heavy (non-hydrogen) atoms. The zero-order valence-electron chi connectivity index (χ0n) is 11.1. The van der Waals surface area contributed by atoms with E-state index >= 15 is 0 Å². The van der Waals surface area contributed by atoms with E-state index in [1.54, 1.807) is 0 Å². The van der Waals surface area contributed by atoms with Gasteiger partial charge in [0.05, 0.1) is 12.6 Å². The number of hydrogen-bond acceptors (Lipinski definition) is 3. The number of alkyl halides is 1. The maximum Gasteiger partial charge on any atom is 0.239 e. The van der Waals surface area contributed by atoms with Gasteiger partial charge in [0, 0.05) is 12.5 Å². The number of halogens is 1. The molecule has 2 aliphatic rings. The molecule has 2 amide bonds. The first-order valence-electron chi connectivity index (χ1n) is 6.96. The highest BCUT2D eigenvalue weighted by molar-refractivity contribution is 5.82. The van der Waals surface area contributed by atoms with Gasteiger partial charge in [0.25, 0.3) is 0 Å². The maximum atomic E-state index is 13.1. The Balaban J connectivity index is 1.85. The average molecular weight is 271 g/mol. The third kappa shape index (κ3) is 3.23. The van der Waals surface area contributed by atoms with E-state index in [9.17, 15) is 14.0 Å². The van der Waals surface area contributed by atoms with Crippen molar-refractivity contribution in [2.45, 2.75) is 44.3 Å². The van der Waals surface area contributed by atoms with Crippen LogP contribution in [-0.2, 0) is 9.59 Å². The van der Waals surface area contributed by atoms with E-state index < -0.39 is 12.2 Å². The van der Waals surface area contributed by atoms with Gasteiger partial charge in [-0.25, -0.2) is 4.39 Å². The van der Waals surface area contributed by atoms with Crippen molar-refractivity contribution in [3.05, 3.63) is 0 Å². The molecule has 1 saturated carbocycles. The fraction of sp³-hybridized carbons (Fsp3) is 0.846. The van der Waals surface area contributed by atoms with Crippen molar-refractivity contribution < 1.29 is 14.0 Å². The monoisotopic (exact) mass is 271 g/mol. The molecule has 1 heterocycles. The minimum atomic E-state index is -0.915. The van der Waals surface area contributed by atoms with Crippen LogP contribution in [0.5, 0.6) is 0 Å². The smallest absolute Gasteiger partial charge is 0.239 e. The van der Waals surface area contributed by atoms with Gasteiger partial charge in [0.15, 0.2) is 0 Å². The fourth-order valence-electron chi connectivity index (χ4n) is 3.09. The van der Waals surface area contributed by atoms with Crippen LogP contribution in [-0.4, -0.2) is 42.0 Å². The second kappa shape index (κ2) is 5.86. The molecule has 0 radical (unpaired) electrons. The number of hydrogen-bond donors (Lipinski definition) is 2. The minimum absolute atomic E-state index is 0.0828. The number of carbonyl (C=O) groups is 2. The topological polar surface area (TPSA) is 89.4 Å². The summed E-state index contributed by atoms with van der Waals surface area (Å²) in [4.78, 5) is 24.8. The predicted octanol–water partition coefficient (Wildman–Crippen LogP) is 0.176. The minimum Gasteiger partial charge on any atom is -0.369 e. The molecule has 6 heteroatoms. The van der Waals surface area contributed by atoms with Crippen LogP contribution >= 0.6 is 0 Å². The van der Waals surface area contributed by atoms with Gasteiger partial charge >= 0.3 is 0 Å². The molecule has 0 unspecified atom stereocenters. The van der Waals surface area contributed by atoms with Crippen molar-refractivity contribution >= 4 is 11.8 Å². The summed E-state index contributed by atoms with van der Waals surface area (Å²) in [5.74, 6) is -0.414. The summed E-state index contributed by atoms with van der Waals surface area (Å²) >= 11 is 0. The normalized spacial score (nSPS) is 33.2. The van der Waals surface area contributed by atoms with Gasteiger partial charge in [-0.1, -0.05) is 0 Å². The van der Waals surface area contributed by atoms with Crippen LogP contribution in [0.2, 0.25) is 0 Å². The molecule has 5 nitrogen and oxygen atoms in total. The molecule has 0 bridgehead atoms.